The molecule has 0 aromatic heterocycles. The van der Waals surface area contributed by atoms with Crippen molar-refractivity contribution >= 4 is 23.3 Å². The van der Waals surface area contributed by atoms with Crippen molar-refractivity contribution in [2.45, 2.75) is 33.2 Å². The zero-order chi connectivity index (χ0) is 21.0. The molecule has 1 aromatic rings. The zero-order valence-corrected chi connectivity index (χ0v) is 17.7. The van der Waals surface area contributed by atoms with E-state index in [-0.39, 0.29) is 30.1 Å². The third kappa shape index (κ3) is 5.35. The van der Waals surface area contributed by atoms with Crippen LogP contribution in [-0.2, 0) is 9.59 Å². The Bertz CT molecular complexity index is 739. The van der Waals surface area contributed by atoms with Gasteiger partial charge in [-0.2, -0.15) is 0 Å². The van der Waals surface area contributed by atoms with Crippen LogP contribution in [-0.4, -0.2) is 79.3 Å². The summed E-state index contributed by atoms with van der Waals surface area (Å²) < 4.78 is 0. The minimum Gasteiger partial charge on any atom is -0.368 e. The molecule has 0 aliphatic carbocycles. The van der Waals surface area contributed by atoms with Gasteiger partial charge in [-0.15, -0.1) is 0 Å². The predicted octanol–water partition coefficient (Wildman–Crippen LogP) is 1.38. The number of nitrogens with one attached hydrogen (secondary N) is 1. The standard InChI is InChI=1S/C22H32N4O3/c1-16(2)15-26-9-8-23-22(29)20(26)14-21(28)25-12-10-24(11-13-25)19-6-4-18(5-7-19)17(3)27/h4-7,16,20H,8-15H2,1-3H3,(H,23,29)/t20-/m0/s1. The van der Waals surface area contributed by atoms with Crippen molar-refractivity contribution in [2.75, 3.05) is 50.7 Å². The summed E-state index contributed by atoms with van der Waals surface area (Å²) in [6.07, 6.45) is 0.242. The van der Waals surface area contributed by atoms with Crippen molar-refractivity contribution in [1.29, 1.82) is 0 Å². The molecule has 1 aromatic carbocycles. The molecule has 0 bridgehead atoms. The second kappa shape index (κ2) is 9.39. The fourth-order valence-corrected chi connectivity index (χ4v) is 4.09. The number of carbonyl (C=O) groups is 3. The fourth-order valence-electron chi connectivity index (χ4n) is 4.09. The number of nitrogens with zero attached hydrogens (tertiary/aromatic N) is 3. The monoisotopic (exact) mass is 400 g/mol. The van der Waals surface area contributed by atoms with E-state index in [2.05, 4.69) is 29.0 Å². The van der Waals surface area contributed by atoms with Gasteiger partial charge in [-0.1, -0.05) is 13.8 Å². The Morgan fingerprint density at radius 1 is 1.07 bits per heavy atom. The summed E-state index contributed by atoms with van der Waals surface area (Å²) in [5.74, 6) is 0.531. The summed E-state index contributed by atoms with van der Waals surface area (Å²) in [6, 6.07) is 7.26. The van der Waals surface area contributed by atoms with Gasteiger partial charge in [0.1, 0.15) is 0 Å². The molecule has 2 aliphatic rings. The van der Waals surface area contributed by atoms with E-state index in [0.717, 1.165) is 31.9 Å². The van der Waals surface area contributed by atoms with Crippen molar-refractivity contribution < 1.29 is 14.4 Å². The minimum atomic E-state index is -0.365. The molecular weight excluding hydrogens is 368 g/mol. The van der Waals surface area contributed by atoms with E-state index in [9.17, 15) is 14.4 Å². The summed E-state index contributed by atoms with van der Waals surface area (Å²) in [4.78, 5) is 42.9. The Kier molecular flexibility index (Phi) is 6.90. The fraction of sp³-hybridized carbons (Fsp3) is 0.591. The molecule has 7 heteroatoms. The molecule has 3 rings (SSSR count). The first-order valence-corrected chi connectivity index (χ1v) is 10.5. The molecular formula is C22H32N4O3. The number of hydrogen-bond acceptors (Lipinski definition) is 5. The molecule has 158 valence electrons. The second-order valence-electron chi connectivity index (χ2n) is 8.37. The number of ketones is 1. The summed E-state index contributed by atoms with van der Waals surface area (Å²) in [7, 11) is 0. The Hall–Kier alpha value is -2.41. The molecule has 0 spiro atoms. The summed E-state index contributed by atoms with van der Waals surface area (Å²) in [5.41, 5.74) is 1.77. The molecule has 2 saturated heterocycles. The van der Waals surface area contributed by atoms with Gasteiger partial charge in [0.05, 0.1) is 12.5 Å². The largest absolute Gasteiger partial charge is 0.368 e. The number of amides is 2. The lowest BCUT2D eigenvalue weighted by molar-refractivity contribution is -0.139. The molecule has 2 heterocycles. The van der Waals surface area contributed by atoms with Crippen molar-refractivity contribution in [3.63, 3.8) is 0 Å². The van der Waals surface area contributed by atoms with Crippen LogP contribution in [0.4, 0.5) is 5.69 Å². The molecule has 2 amide bonds. The zero-order valence-electron chi connectivity index (χ0n) is 17.7. The van der Waals surface area contributed by atoms with Gasteiger partial charge in [-0.05, 0) is 37.1 Å². The van der Waals surface area contributed by atoms with Gasteiger partial charge in [-0.3, -0.25) is 19.3 Å². The van der Waals surface area contributed by atoms with Gasteiger partial charge in [0, 0.05) is 57.1 Å². The van der Waals surface area contributed by atoms with Gasteiger partial charge < -0.3 is 15.1 Å². The molecule has 0 saturated carbocycles. The second-order valence-corrected chi connectivity index (χ2v) is 8.37. The van der Waals surface area contributed by atoms with Crippen LogP contribution in [0.25, 0.3) is 0 Å². The van der Waals surface area contributed by atoms with E-state index in [0.29, 0.717) is 31.1 Å². The maximum atomic E-state index is 12.9. The highest BCUT2D eigenvalue weighted by Crippen LogP contribution is 2.19. The third-order valence-electron chi connectivity index (χ3n) is 5.68. The third-order valence-corrected chi connectivity index (χ3v) is 5.68. The first kappa shape index (κ1) is 21.3. The molecule has 2 fully saturated rings. The molecule has 1 N–H and O–H groups in total. The van der Waals surface area contributed by atoms with Gasteiger partial charge in [0.15, 0.2) is 5.78 Å². The van der Waals surface area contributed by atoms with Crippen LogP contribution in [0.3, 0.4) is 0 Å². The lowest BCUT2D eigenvalue weighted by Gasteiger charge is -2.39. The van der Waals surface area contributed by atoms with E-state index in [4.69, 9.17) is 0 Å². The number of anilines is 1. The van der Waals surface area contributed by atoms with E-state index in [1.165, 1.54) is 0 Å². The quantitative estimate of drug-likeness (QED) is 0.731. The van der Waals surface area contributed by atoms with E-state index in [1.807, 2.05) is 29.2 Å². The highest BCUT2D eigenvalue weighted by Gasteiger charge is 2.33. The van der Waals surface area contributed by atoms with Crippen LogP contribution in [0.5, 0.6) is 0 Å². The Labute approximate surface area is 173 Å². The van der Waals surface area contributed by atoms with E-state index < -0.39 is 0 Å². The molecule has 29 heavy (non-hydrogen) atoms. The molecule has 1 atom stereocenters. The summed E-state index contributed by atoms with van der Waals surface area (Å²) >= 11 is 0. The van der Waals surface area contributed by atoms with Crippen molar-refractivity contribution in [2.24, 2.45) is 5.92 Å². The van der Waals surface area contributed by atoms with E-state index >= 15 is 0 Å². The maximum absolute atomic E-state index is 12.9. The lowest BCUT2D eigenvalue weighted by Crippen LogP contribution is -2.58. The van der Waals surface area contributed by atoms with Gasteiger partial charge in [0.2, 0.25) is 11.8 Å². The predicted molar refractivity (Wildman–Crippen MR) is 113 cm³/mol. The first-order chi connectivity index (χ1) is 13.8. The van der Waals surface area contributed by atoms with Crippen LogP contribution in [0, 0.1) is 5.92 Å². The highest BCUT2D eigenvalue weighted by atomic mass is 16.2. The Balaban J connectivity index is 1.55. The normalized spacial score (nSPS) is 20.7. The van der Waals surface area contributed by atoms with Crippen LogP contribution in [0.15, 0.2) is 24.3 Å². The molecule has 0 unspecified atom stereocenters. The number of piperazine rings is 2. The topological polar surface area (TPSA) is 73.0 Å². The smallest absolute Gasteiger partial charge is 0.237 e. The highest BCUT2D eigenvalue weighted by molar-refractivity contribution is 5.94. The van der Waals surface area contributed by atoms with Crippen LogP contribution >= 0.6 is 0 Å². The maximum Gasteiger partial charge on any atom is 0.237 e. The van der Waals surface area contributed by atoms with Gasteiger partial charge in [0.25, 0.3) is 0 Å². The molecule has 2 aliphatic heterocycles. The van der Waals surface area contributed by atoms with Crippen LogP contribution < -0.4 is 10.2 Å². The average Bonchev–Trinajstić information content (AvgIpc) is 2.70. The molecule has 7 nitrogen and oxygen atoms in total. The number of carbonyl (C=O) groups excluding carboxylic acids is 3. The summed E-state index contributed by atoms with van der Waals surface area (Å²) in [5, 5.41) is 2.90. The lowest BCUT2D eigenvalue weighted by atomic mass is 10.0. The first-order valence-electron chi connectivity index (χ1n) is 10.5. The van der Waals surface area contributed by atoms with Crippen molar-refractivity contribution in [3.05, 3.63) is 29.8 Å². The number of hydrogen-bond donors (Lipinski definition) is 1. The summed E-state index contributed by atoms with van der Waals surface area (Å²) in [6.45, 7) is 10.9. The van der Waals surface area contributed by atoms with Crippen molar-refractivity contribution in [1.82, 2.24) is 15.1 Å². The van der Waals surface area contributed by atoms with Crippen LogP contribution in [0.2, 0.25) is 0 Å². The van der Waals surface area contributed by atoms with Crippen LogP contribution in [0.1, 0.15) is 37.6 Å². The number of Topliss-reactive ketones (excluding diaryl/α,β-unsaturated/α-hetero) is 1. The Morgan fingerprint density at radius 2 is 1.72 bits per heavy atom. The van der Waals surface area contributed by atoms with E-state index in [1.54, 1.807) is 6.92 Å². The SMILES string of the molecule is CC(=O)c1ccc(N2CCN(C(=O)C[C@H]3C(=O)NCCN3CC(C)C)CC2)cc1. The Morgan fingerprint density at radius 3 is 2.31 bits per heavy atom. The van der Waals surface area contributed by atoms with Gasteiger partial charge >= 0.3 is 0 Å². The number of rotatable bonds is 6. The average molecular weight is 401 g/mol. The minimum absolute atomic E-state index is 0.0329. The molecule has 0 radical (unpaired) electrons. The van der Waals surface area contributed by atoms with Crippen molar-refractivity contribution in [3.8, 4) is 0 Å². The number of benzene rings is 1. The van der Waals surface area contributed by atoms with Gasteiger partial charge in [-0.25, -0.2) is 0 Å².